The van der Waals surface area contributed by atoms with Crippen LogP contribution in [0.5, 0.6) is 0 Å². The molecule has 1 amide bonds. The van der Waals surface area contributed by atoms with Gasteiger partial charge >= 0.3 is 0 Å². The van der Waals surface area contributed by atoms with Crippen LogP contribution in [0.4, 0.5) is 8.78 Å². The van der Waals surface area contributed by atoms with E-state index in [2.05, 4.69) is 17.4 Å². The second-order valence-electron chi connectivity index (χ2n) is 6.36. The number of nitrogens with one attached hydrogen (secondary N) is 1. The average molecular weight is 345 g/mol. The van der Waals surface area contributed by atoms with Crippen molar-refractivity contribution >= 4 is 18.3 Å². The fourth-order valence-electron chi connectivity index (χ4n) is 3.49. The van der Waals surface area contributed by atoms with Gasteiger partial charge in [-0.3, -0.25) is 10.1 Å². The first kappa shape index (κ1) is 18.1. The first-order chi connectivity index (χ1) is 10.6. The van der Waals surface area contributed by atoms with Gasteiger partial charge in [0.1, 0.15) is 0 Å². The summed E-state index contributed by atoms with van der Waals surface area (Å²) in [5.74, 6) is -2.46. The molecule has 2 aliphatic rings. The molecule has 2 aliphatic heterocycles. The highest BCUT2D eigenvalue weighted by Crippen LogP contribution is 2.30. The molecular formula is C17H23ClF2N2O. The number of carbonyl (C=O) groups is 1. The Kier molecular flexibility index (Phi) is 5.98. The molecule has 6 heteroatoms. The minimum atomic E-state index is -2.75. The zero-order chi connectivity index (χ0) is 15.6. The molecule has 0 radical (unpaired) electrons. The Hall–Kier alpha value is -1.20. The molecule has 1 aromatic rings. The molecular weight excluding hydrogens is 322 g/mol. The van der Waals surface area contributed by atoms with Crippen LogP contribution in [0.3, 0.4) is 0 Å². The minimum absolute atomic E-state index is 0. The van der Waals surface area contributed by atoms with Gasteiger partial charge in [0, 0.05) is 19.5 Å². The molecule has 0 saturated carbocycles. The van der Waals surface area contributed by atoms with Gasteiger partial charge in [-0.25, -0.2) is 8.78 Å². The van der Waals surface area contributed by atoms with Gasteiger partial charge in [-0.15, -0.1) is 12.4 Å². The summed E-state index contributed by atoms with van der Waals surface area (Å²) in [5, 5.41) is 2.67. The number of alkyl halides is 2. The Labute approximate surface area is 141 Å². The standard InChI is InChI=1S/C17H22F2N2O.ClH/c18-17(19)11-15(20-12-17)16(22)21-9-4-7-14(8-10-21)13-5-2-1-3-6-13;/h1-3,5-6,14-15,20H,4,7-12H2;1H. The van der Waals surface area contributed by atoms with E-state index in [1.54, 1.807) is 4.90 Å². The van der Waals surface area contributed by atoms with Crippen LogP contribution in [-0.4, -0.2) is 42.4 Å². The van der Waals surface area contributed by atoms with Gasteiger partial charge in [0.2, 0.25) is 5.91 Å². The van der Waals surface area contributed by atoms with Crippen molar-refractivity contribution < 1.29 is 13.6 Å². The lowest BCUT2D eigenvalue weighted by molar-refractivity contribution is -0.133. The zero-order valence-electron chi connectivity index (χ0n) is 13.0. The van der Waals surface area contributed by atoms with Gasteiger partial charge in [0.25, 0.3) is 5.92 Å². The lowest BCUT2D eigenvalue weighted by atomic mass is 9.92. The monoisotopic (exact) mass is 344 g/mol. The first-order valence-corrected chi connectivity index (χ1v) is 8.00. The van der Waals surface area contributed by atoms with E-state index in [1.165, 1.54) is 5.56 Å². The minimum Gasteiger partial charge on any atom is -0.341 e. The summed E-state index contributed by atoms with van der Waals surface area (Å²) in [7, 11) is 0. The van der Waals surface area contributed by atoms with Crippen molar-refractivity contribution in [3.63, 3.8) is 0 Å². The number of nitrogens with zero attached hydrogens (tertiary/aromatic N) is 1. The van der Waals surface area contributed by atoms with Crippen molar-refractivity contribution in [1.29, 1.82) is 0 Å². The summed E-state index contributed by atoms with van der Waals surface area (Å²) in [6.45, 7) is 0.942. The number of halogens is 3. The van der Waals surface area contributed by atoms with Crippen molar-refractivity contribution in [3.05, 3.63) is 35.9 Å². The van der Waals surface area contributed by atoms with Crippen LogP contribution in [0.25, 0.3) is 0 Å². The van der Waals surface area contributed by atoms with Gasteiger partial charge in [0.05, 0.1) is 12.6 Å². The number of likely N-dealkylation sites (tertiary alicyclic amines) is 1. The summed E-state index contributed by atoms with van der Waals surface area (Å²) in [4.78, 5) is 14.2. The highest BCUT2D eigenvalue weighted by molar-refractivity contribution is 5.85. The fourth-order valence-corrected chi connectivity index (χ4v) is 3.49. The normalized spacial score (nSPS) is 27.1. The molecule has 2 fully saturated rings. The Morgan fingerprint density at radius 2 is 1.91 bits per heavy atom. The topological polar surface area (TPSA) is 32.3 Å². The van der Waals surface area contributed by atoms with E-state index in [9.17, 15) is 13.6 Å². The quantitative estimate of drug-likeness (QED) is 0.893. The number of amides is 1. The van der Waals surface area contributed by atoms with Gasteiger partial charge < -0.3 is 4.90 Å². The van der Waals surface area contributed by atoms with Crippen LogP contribution in [0.15, 0.2) is 30.3 Å². The molecule has 1 aromatic carbocycles. The van der Waals surface area contributed by atoms with Crippen LogP contribution in [0.1, 0.15) is 37.2 Å². The van der Waals surface area contributed by atoms with Gasteiger partial charge in [-0.05, 0) is 30.7 Å². The predicted octanol–water partition coefficient (Wildman–Crippen LogP) is 3.20. The van der Waals surface area contributed by atoms with Gasteiger partial charge in [-0.2, -0.15) is 0 Å². The number of rotatable bonds is 2. The van der Waals surface area contributed by atoms with Crippen molar-refractivity contribution in [2.45, 2.75) is 43.6 Å². The zero-order valence-corrected chi connectivity index (χ0v) is 13.8. The molecule has 3 nitrogen and oxygen atoms in total. The Bertz CT molecular complexity index is 527. The van der Waals surface area contributed by atoms with Crippen molar-refractivity contribution in [2.75, 3.05) is 19.6 Å². The lowest BCUT2D eigenvalue weighted by Gasteiger charge is -2.24. The van der Waals surface area contributed by atoms with Crippen LogP contribution in [-0.2, 0) is 4.79 Å². The number of hydrogen-bond donors (Lipinski definition) is 1. The number of benzene rings is 1. The second kappa shape index (κ2) is 7.58. The third kappa shape index (κ3) is 4.42. The summed E-state index contributed by atoms with van der Waals surface area (Å²) in [6.07, 6.45) is 2.50. The highest BCUT2D eigenvalue weighted by Gasteiger charge is 2.43. The highest BCUT2D eigenvalue weighted by atomic mass is 35.5. The van der Waals surface area contributed by atoms with E-state index < -0.39 is 12.0 Å². The van der Waals surface area contributed by atoms with Crippen LogP contribution in [0, 0.1) is 0 Å². The summed E-state index contributed by atoms with van der Waals surface area (Å²) < 4.78 is 26.5. The van der Waals surface area contributed by atoms with Crippen LogP contribution < -0.4 is 5.32 Å². The Morgan fingerprint density at radius 1 is 1.17 bits per heavy atom. The molecule has 2 atom stereocenters. The first-order valence-electron chi connectivity index (χ1n) is 8.00. The van der Waals surface area contributed by atoms with E-state index in [0.717, 1.165) is 19.3 Å². The van der Waals surface area contributed by atoms with E-state index in [1.807, 2.05) is 18.2 Å². The summed E-state index contributed by atoms with van der Waals surface area (Å²) in [6, 6.07) is 9.61. The lowest BCUT2D eigenvalue weighted by Crippen LogP contribution is -2.44. The predicted molar refractivity (Wildman–Crippen MR) is 88.2 cm³/mol. The maximum absolute atomic E-state index is 13.3. The third-order valence-electron chi connectivity index (χ3n) is 4.72. The number of hydrogen-bond acceptors (Lipinski definition) is 2. The van der Waals surface area contributed by atoms with E-state index in [0.29, 0.717) is 19.0 Å². The second-order valence-corrected chi connectivity index (χ2v) is 6.36. The summed E-state index contributed by atoms with van der Waals surface area (Å²) >= 11 is 0. The molecule has 128 valence electrons. The molecule has 2 saturated heterocycles. The molecule has 1 N–H and O–H groups in total. The maximum Gasteiger partial charge on any atom is 0.262 e. The number of carbonyl (C=O) groups excluding carboxylic acids is 1. The fraction of sp³-hybridized carbons (Fsp3) is 0.588. The molecule has 2 heterocycles. The largest absolute Gasteiger partial charge is 0.341 e. The van der Waals surface area contributed by atoms with Crippen molar-refractivity contribution in [3.8, 4) is 0 Å². The molecule has 0 aliphatic carbocycles. The van der Waals surface area contributed by atoms with E-state index in [-0.39, 0.29) is 31.3 Å². The maximum atomic E-state index is 13.3. The Morgan fingerprint density at radius 3 is 2.57 bits per heavy atom. The van der Waals surface area contributed by atoms with Crippen molar-refractivity contribution in [1.82, 2.24) is 10.2 Å². The van der Waals surface area contributed by atoms with E-state index >= 15 is 0 Å². The molecule has 0 bridgehead atoms. The summed E-state index contributed by atoms with van der Waals surface area (Å²) in [5.41, 5.74) is 1.31. The Balaban J connectivity index is 0.00000192. The molecule has 3 rings (SSSR count). The van der Waals surface area contributed by atoms with Crippen LogP contribution in [0.2, 0.25) is 0 Å². The molecule has 23 heavy (non-hydrogen) atoms. The molecule has 0 spiro atoms. The van der Waals surface area contributed by atoms with Gasteiger partial charge in [0.15, 0.2) is 0 Å². The molecule has 2 unspecified atom stereocenters. The SMILES string of the molecule is Cl.O=C(C1CC(F)(F)CN1)N1CCCC(c2ccccc2)CC1. The third-order valence-corrected chi connectivity index (χ3v) is 4.72. The molecule has 0 aromatic heterocycles. The smallest absolute Gasteiger partial charge is 0.262 e. The van der Waals surface area contributed by atoms with E-state index in [4.69, 9.17) is 0 Å². The van der Waals surface area contributed by atoms with Crippen LogP contribution >= 0.6 is 12.4 Å². The van der Waals surface area contributed by atoms with Gasteiger partial charge in [-0.1, -0.05) is 30.3 Å². The average Bonchev–Trinajstić information content (AvgIpc) is 2.74. The van der Waals surface area contributed by atoms with Crippen molar-refractivity contribution in [2.24, 2.45) is 0 Å².